The third-order valence-electron chi connectivity index (χ3n) is 12.4. The number of halogens is 2. The molecular weight excluding hydrogens is 815 g/mol. The van der Waals surface area contributed by atoms with Gasteiger partial charge in [-0.25, -0.2) is 4.79 Å². The van der Waals surface area contributed by atoms with Crippen molar-refractivity contribution in [2.24, 2.45) is 14.1 Å². The molecule has 5 heterocycles. The number of ether oxygens (including phenoxy) is 1. The lowest BCUT2D eigenvalue weighted by Gasteiger charge is -2.35. The van der Waals surface area contributed by atoms with Crippen molar-refractivity contribution >= 4 is 74.2 Å². The number of piperazine rings is 1. The van der Waals surface area contributed by atoms with E-state index in [9.17, 15) is 14.7 Å². The number of carboxylic acids is 1. The molecule has 15 heteroatoms. The molecule has 0 saturated carbocycles. The van der Waals surface area contributed by atoms with E-state index in [4.69, 9.17) is 33.0 Å². The summed E-state index contributed by atoms with van der Waals surface area (Å²) in [4.78, 5) is 47.7. The summed E-state index contributed by atoms with van der Waals surface area (Å²) < 4.78 is 12.0. The molecule has 0 aliphatic carbocycles. The van der Waals surface area contributed by atoms with Crippen molar-refractivity contribution in [3.8, 4) is 16.9 Å². The third-order valence-corrected chi connectivity index (χ3v) is 13.3. The molecule has 0 radical (unpaired) electrons. The van der Waals surface area contributed by atoms with E-state index in [1.807, 2.05) is 63.7 Å². The predicted octanol–water partition coefficient (Wildman–Crippen LogP) is 8.19. The predicted molar refractivity (Wildman–Crippen MR) is 242 cm³/mol. The van der Waals surface area contributed by atoms with E-state index in [0.717, 1.165) is 87.1 Å². The number of aromatic nitrogens is 4. The largest absolute Gasteiger partial charge is 0.494 e. The molecule has 61 heavy (non-hydrogen) atoms. The number of anilines is 2. The average molecular weight is 868 g/mol. The van der Waals surface area contributed by atoms with Gasteiger partial charge in [0.05, 0.1) is 46.2 Å². The Morgan fingerprint density at radius 3 is 2.30 bits per heavy atom. The summed E-state index contributed by atoms with van der Waals surface area (Å²) in [6, 6.07) is 11.0. The Bertz CT molecular complexity index is 2740. The Labute approximate surface area is 365 Å². The van der Waals surface area contributed by atoms with Crippen LogP contribution in [0.25, 0.3) is 32.9 Å². The van der Waals surface area contributed by atoms with Crippen molar-refractivity contribution < 1.29 is 24.2 Å². The maximum absolute atomic E-state index is 15.5. The van der Waals surface area contributed by atoms with Crippen molar-refractivity contribution in [2.45, 2.75) is 53.5 Å². The van der Waals surface area contributed by atoms with Gasteiger partial charge in [0.1, 0.15) is 11.4 Å². The molecule has 2 N–H and O–H groups in total. The molecule has 320 valence electrons. The molecular formula is C46H52Cl2N8O5. The number of hydrogen-bond acceptors (Lipinski definition) is 7. The van der Waals surface area contributed by atoms with Gasteiger partial charge in [0, 0.05) is 97.4 Å². The molecule has 1 saturated heterocycles. The van der Waals surface area contributed by atoms with E-state index < -0.39 is 5.97 Å². The number of hydrogen-bond donors (Lipinski definition) is 2. The highest BCUT2D eigenvalue weighted by molar-refractivity contribution is 6.35. The summed E-state index contributed by atoms with van der Waals surface area (Å²) in [5, 5.41) is 20.7. The van der Waals surface area contributed by atoms with Crippen molar-refractivity contribution in [1.82, 2.24) is 28.7 Å². The zero-order chi connectivity index (χ0) is 43.6. The smallest absolute Gasteiger partial charge is 0.337 e. The van der Waals surface area contributed by atoms with Crippen LogP contribution >= 0.6 is 23.2 Å². The van der Waals surface area contributed by atoms with Crippen LogP contribution in [0.3, 0.4) is 0 Å². The van der Waals surface area contributed by atoms with E-state index in [2.05, 4.69) is 33.7 Å². The van der Waals surface area contributed by atoms with Crippen LogP contribution in [0, 0.1) is 27.7 Å². The number of nitrogens with zero attached hydrogens (tertiary/aromatic N) is 7. The topological polar surface area (TPSA) is 130 Å². The lowest BCUT2D eigenvalue weighted by molar-refractivity contribution is -0.117. The highest BCUT2D eigenvalue weighted by atomic mass is 35.5. The fourth-order valence-electron chi connectivity index (χ4n) is 9.32. The second kappa shape index (κ2) is 16.5. The van der Waals surface area contributed by atoms with Gasteiger partial charge in [0.15, 0.2) is 0 Å². The van der Waals surface area contributed by atoms with Crippen LogP contribution in [0.4, 0.5) is 11.4 Å². The number of rotatable bonds is 11. The molecule has 1 fully saturated rings. The van der Waals surface area contributed by atoms with Crippen LogP contribution in [0.15, 0.2) is 42.6 Å². The van der Waals surface area contributed by atoms with Crippen LogP contribution in [0.5, 0.6) is 5.75 Å². The monoisotopic (exact) mass is 866 g/mol. The Morgan fingerprint density at radius 1 is 0.934 bits per heavy atom. The molecule has 6 aromatic rings. The molecule has 3 aromatic carbocycles. The first-order valence-corrected chi connectivity index (χ1v) is 21.4. The van der Waals surface area contributed by atoms with Gasteiger partial charge in [-0.3, -0.25) is 19.2 Å². The number of amides is 2. The fraction of sp³-hybridized carbons (Fsp3) is 0.391. The van der Waals surface area contributed by atoms with Crippen molar-refractivity contribution in [3.05, 3.63) is 92.0 Å². The standard InChI is InChI=1S/C46H52Cl2N8O5/c1-25-18-31(19-26(2)41(25)48)61-17-9-10-32-33-11-12-36(47)40(39-28(4)50-53(8)29(39)5)43(33)56-27(3)22-55(45(58)44(32)56)37-21-30(20-34-35(46(59)60)23-52(7)42(34)37)49-38(57)24-54-15-13-51(6)14-16-54/h11-12,18-21,23,27H,9-10,13-17,22,24H2,1-8H3,(H,49,57)(H,59,60)/t27-/m1/s1. The maximum atomic E-state index is 15.5. The van der Waals surface area contributed by atoms with Crippen molar-refractivity contribution in [1.29, 1.82) is 0 Å². The van der Waals surface area contributed by atoms with Gasteiger partial charge in [0.25, 0.3) is 5.91 Å². The summed E-state index contributed by atoms with van der Waals surface area (Å²) in [5.41, 5.74) is 9.26. The fourth-order valence-corrected chi connectivity index (χ4v) is 9.67. The highest BCUT2D eigenvalue weighted by Gasteiger charge is 2.38. The number of carbonyl (C=O) groups is 3. The first-order chi connectivity index (χ1) is 29.0. The van der Waals surface area contributed by atoms with Gasteiger partial charge in [-0.15, -0.1) is 0 Å². The summed E-state index contributed by atoms with van der Waals surface area (Å²) in [6.07, 6.45) is 2.69. The van der Waals surface area contributed by atoms with E-state index in [-0.39, 0.29) is 36.5 Å². The lowest BCUT2D eigenvalue weighted by Crippen LogP contribution is -2.47. The minimum atomic E-state index is -1.10. The van der Waals surface area contributed by atoms with E-state index in [1.165, 1.54) is 0 Å². The number of nitrogens with one attached hydrogen (secondary N) is 1. The summed E-state index contributed by atoms with van der Waals surface area (Å²) in [6.45, 7) is 14.1. The van der Waals surface area contributed by atoms with Gasteiger partial charge in [-0.2, -0.15) is 5.10 Å². The van der Waals surface area contributed by atoms with Crippen LogP contribution in [0.2, 0.25) is 10.0 Å². The quantitative estimate of drug-likeness (QED) is 0.125. The Balaban J connectivity index is 1.24. The Morgan fingerprint density at radius 2 is 1.64 bits per heavy atom. The molecule has 13 nitrogen and oxygen atoms in total. The number of aromatic carboxylic acids is 1. The van der Waals surface area contributed by atoms with E-state index in [1.54, 1.807) is 34.8 Å². The van der Waals surface area contributed by atoms with Gasteiger partial charge >= 0.3 is 5.97 Å². The maximum Gasteiger partial charge on any atom is 0.337 e. The molecule has 0 unspecified atom stereocenters. The molecule has 2 amide bonds. The molecule has 0 spiro atoms. The zero-order valence-corrected chi connectivity index (χ0v) is 37.5. The second-order valence-corrected chi connectivity index (χ2v) is 17.5. The number of benzene rings is 3. The normalized spacial score (nSPS) is 16.2. The van der Waals surface area contributed by atoms with Crippen LogP contribution < -0.4 is 15.0 Å². The van der Waals surface area contributed by atoms with Crippen LogP contribution in [-0.4, -0.2) is 105 Å². The second-order valence-electron chi connectivity index (χ2n) is 16.8. The Kier molecular flexibility index (Phi) is 11.5. The number of carbonyl (C=O) groups excluding carboxylic acids is 2. The minimum Gasteiger partial charge on any atom is -0.494 e. The Hall–Kier alpha value is -5.34. The van der Waals surface area contributed by atoms with Gasteiger partial charge in [-0.1, -0.05) is 29.3 Å². The molecule has 1 atom stereocenters. The third kappa shape index (κ3) is 7.66. The average Bonchev–Trinajstić information content (AvgIpc) is 3.81. The first kappa shape index (κ1) is 42.4. The van der Waals surface area contributed by atoms with Gasteiger partial charge < -0.3 is 34.1 Å². The number of aryl methyl sites for hydroxylation is 6. The SMILES string of the molecule is Cc1cc(OCCCc2c3n(c4c(-c5c(C)nn(C)c5C)c(Cl)ccc24)[C@H](C)CN(c2cc(NC(=O)CN4CCN(C)CC4)cc4c(C(=O)O)cn(C)c24)C3=O)cc(C)c1Cl. The summed E-state index contributed by atoms with van der Waals surface area (Å²) in [7, 11) is 5.76. The molecule has 3 aromatic heterocycles. The lowest BCUT2D eigenvalue weighted by atomic mass is 9.98. The highest BCUT2D eigenvalue weighted by Crippen LogP contribution is 2.46. The minimum absolute atomic E-state index is 0.0776. The van der Waals surface area contributed by atoms with Gasteiger partial charge in [0.2, 0.25) is 5.91 Å². The first-order valence-electron chi connectivity index (χ1n) is 20.7. The molecule has 2 aliphatic rings. The zero-order valence-electron chi connectivity index (χ0n) is 35.9. The van der Waals surface area contributed by atoms with Crippen LogP contribution in [-0.2, 0) is 25.3 Å². The van der Waals surface area contributed by atoms with Gasteiger partial charge in [-0.05, 0) is 102 Å². The van der Waals surface area contributed by atoms with Crippen molar-refractivity contribution in [2.75, 3.05) is 63.1 Å². The molecule has 0 bridgehead atoms. The van der Waals surface area contributed by atoms with Crippen LogP contribution in [0.1, 0.15) is 68.3 Å². The summed E-state index contributed by atoms with van der Waals surface area (Å²) >= 11 is 13.6. The number of carboxylic acid groups (broad SMARTS) is 1. The van der Waals surface area contributed by atoms with E-state index >= 15 is 4.79 Å². The number of likely N-dealkylation sites (N-methyl/N-ethyl adjacent to an activating group) is 1. The van der Waals surface area contributed by atoms with E-state index in [0.29, 0.717) is 52.4 Å². The summed E-state index contributed by atoms with van der Waals surface area (Å²) in [5.74, 6) is -0.815. The number of fused-ring (bicyclic) bond motifs is 4. The van der Waals surface area contributed by atoms with Crippen molar-refractivity contribution in [3.63, 3.8) is 0 Å². The molecule has 2 aliphatic heterocycles. The molecule has 8 rings (SSSR count).